The number of nitrogens with one attached hydrogen (secondary N) is 1. The van der Waals surface area contributed by atoms with E-state index in [1.54, 1.807) is 6.07 Å². The molecule has 0 fully saturated rings. The molecule has 6 nitrogen and oxygen atoms in total. The van der Waals surface area contributed by atoms with E-state index >= 15 is 0 Å². The number of benzene rings is 2. The van der Waals surface area contributed by atoms with Crippen LogP contribution in [-0.2, 0) is 9.53 Å². The fraction of sp³-hybridized carbons (Fsp3) is 0.182. The van der Waals surface area contributed by atoms with E-state index in [0.717, 1.165) is 33.6 Å². The number of alkyl carbamates (subject to hydrolysis) is 1. The molecule has 0 bridgehead atoms. The normalized spacial score (nSPS) is 13.3. The van der Waals surface area contributed by atoms with Crippen LogP contribution in [-0.4, -0.2) is 30.9 Å². The van der Waals surface area contributed by atoms with Crippen molar-refractivity contribution >= 4 is 39.3 Å². The largest absolute Gasteiger partial charge is 0.486 e. The van der Waals surface area contributed by atoms with E-state index in [9.17, 15) is 14.7 Å². The smallest absolute Gasteiger partial charge is 0.408 e. The lowest BCUT2D eigenvalue weighted by Crippen LogP contribution is -2.34. The third-order valence-corrected chi connectivity index (χ3v) is 7.01. The van der Waals surface area contributed by atoms with Crippen LogP contribution in [0.5, 0.6) is 5.06 Å². The number of thiophene rings is 1. The molecule has 0 spiro atoms. The number of rotatable bonds is 6. The molecular formula is C22H18BrNO5S. The molecule has 30 heavy (non-hydrogen) atoms. The van der Waals surface area contributed by atoms with Gasteiger partial charge in [0.05, 0.1) is 11.6 Å². The molecule has 2 N–H and O–H groups in total. The lowest BCUT2D eigenvalue weighted by atomic mass is 9.98. The Hall–Kier alpha value is -2.84. The molecule has 154 valence electrons. The molecule has 1 atom stereocenters. The number of fused-ring (bicyclic) bond motifs is 3. The van der Waals surface area contributed by atoms with Crippen molar-refractivity contribution in [2.75, 3.05) is 13.7 Å². The Kier molecular flexibility index (Phi) is 5.78. The van der Waals surface area contributed by atoms with Crippen LogP contribution < -0.4 is 10.1 Å². The minimum absolute atomic E-state index is 0.0950. The number of amides is 1. The number of carbonyl (C=O) groups excluding carboxylic acids is 1. The fourth-order valence-corrected chi connectivity index (χ4v) is 5.37. The Morgan fingerprint density at radius 3 is 2.27 bits per heavy atom. The highest BCUT2D eigenvalue weighted by Crippen LogP contribution is 2.44. The Balaban J connectivity index is 1.48. The van der Waals surface area contributed by atoms with Crippen LogP contribution in [0, 0.1) is 0 Å². The van der Waals surface area contributed by atoms with Crippen LogP contribution >= 0.6 is 27.3 Å². The van der Waals surface area contributed by atoms with Gasteiger partial charge in [0.1, 0.15) is 6.61 Å². The van der Waals surface area contributed by atoms with Crippen LogP contribution in [0.1, 0.15) is 28.0 Å². The molecule has 3 aromatic rings. The summed E-state index contributed by atoms with van der Waals surface area (Å²) in [4.78, 5) is 24.6. The molecule has 2 aromatic carbocycles. The second-order valence-corrected chi connectivity index (χ2v) is 8.63. The molecule has 0 saturated heterocycles. The van der Waals surface area contributed by atoms with Crippen LogP contribution in [0.2, 0.25) is 0 Å². The van der Waals surface area contributed by atoms with E-state index in [2.05, 4.69) is 33.4 Å². The molecule has 1 unspecified atom stereocenters. The summed E-state index contributed by atoms with van der Waals surface area (Å²) in [5, 5.41) is 12.5. The van der Waals surface area contributed by atoms with Gasteiger partial charge in [-0.1, -0.05) is 48.5 Å². The minimum atomic E-state index is -1.23. The van der Waals surface area contributed by atoms with E-state index in [1.807, 2.05) is 36.4 Å². The number of carboxylic acids is 1. The molecule has 1 heterocycles. The average molecular weight is 488 g/mol. The average Bonchev–Trinajstić information content (AvgIpc) is 3.28. The van der Waals surface area contributed by atoms with Gasteiger partial charge in [0.25, 0.3) is 0 Å². The highest BCUT2D eigenvalue weighted by atomic mass is 79.9. The zero-order valence-electron chi connectivity index (χ0n) is 15.9. The molecule has 0 saturated carbocycles. The molecule has 1 aliphatic carbocycles. The SMILES string of the molecule is COc1sc(C(NC(=O)OCC2c3ccccc3-c3ccccc32)C(=O)O)cc1Br. The number of carbonyl (C=O) groups is 2. The molecule has 8 heteroatoms. The van der Waals surface area contributed by atoms with Gasteiger partial charge < -0.3 is 19.9 Å². The van der Waals surface area contributed by atoms with Crippen molar-refractivity contribution in [3.8, 4) is 16.2 Å². The van der Waals surface area contributed by atoms with Crippen molar-refractivity contribution in [2.24, 2.45) is 0 Å². The number of halogens is 1. The number of carboxylic acid groups (broad SMARTS) is 1. The molecule has 1 amide bonds. The topological polar surface area (TPSA) is 84.9 Å². The van der Waals surface area contributed by atoms with Crippen molar-refractivity contribution in [3.63, 3.8) is 0 Å². The summed E-state index contributed by atoms with van der Waals surface area (Å²) in [5.74, 6) is -1.28. The molecule has 0 aliphatic heterocycles. The first-order valence-electron chi connectivity index (χ1n) is 9.17. The van der Waals surface area contributed by atoms with E-state index in [1.165, 1.54) is 7.11 Å². The first kappa shape index (κ1) is 20.4. The summed E-state index contributed by atoms with van der Waals surface area (Å²) in [6.07, 6.45) is -0.784. The predicted molar refractivity (Wildman–Crippen MR) is 117 cm³/mol. The monoisotopic (exact) mass is 487 g/mol. The van der Waals surface area contributed by atoms with E-state index < -0.39 is 18.1 Å². The number of hydrogen-bond donors (Lipinski definition) is 2. The number of ether oxygens (including phenoxy) is 2. The number of aliphatic carboxylic acids is 1. The summed E-state index contributed by atoms with van der Waals surface area (Å²) in [6.45, 7) is 0.115. The second-order valence-electron chi connectivity index (χ2n) is 6.73. The van der Waals surface area contributed by atoms with Crippen LogP contribution in [0.15, 0.2) is 59.1 Å². The first-order valence-corrected chi connectivity index (χ1v) is 10.8. The van der Waals surface area contributed by atoms with E-state index in [0.29, 0.717) is 14.4 Å². The predicted octanol–water partition coefficient (Wildman–Crippen LogP) is 5.18. The summed E-state index contributed by atoms with van der Waals surface area (Å²) in [7, 11) is 1.50. The van der Waals surface area contributed by atoms with Gasteiger partial charge in [0.15, 0.2) is 11.1 Å². The van der Waals surface area contributed by atoms with Crippen molar-refractivity contribution < 1.29 is 24.2 Å². The molecule has 1 aromatic heterocycles. The van der Waals surface area contributed by atoms with Crippen molar-refractivity contribution in [3.05, 3.63) is 75.1 Å². The van der Waals surface area contributed by atoms with Crippen molar-refractivity contribution in [2.45, 2.75) is 12.0 Å². The Morgan fingerprint density at radius 1 is 1.13 bits per heavy atom. The second kappa shape index (κ2) is 8.49. The maximum atomic E-state index is 12.4. The van der Waals surface area contributed by atoms with Gasteiger partial charge in [-0.05, 0) is 44.3 Å². The zero-order valence-corrected chi connectivity index (χ0v) is 18.3. The summed E-state index contributed by atoms with van der Waals surface area (Å²) >= 11 is 4.46. The maximum Gasteiger partial charge on any atom is 0.408 e. The van der Waals surface area contributed by atoms with Gasteiger partial charge in [-0.3, -0.25) is 0 Å². The van der Waals surface area contributed by atoms with E-state index in [4.69, 9.17) is 9.47 Å². The minimum Gasteiger partial charge on any atom is -0.486 e. The summed E-state index contributed by atoms with van der Waals surface area (Å²) in [5.41, 5.74) is 4.43. The van der Waals surface area contributed by atoms with Crippen molar-refractivity contribution in [1.82, 2.24) is 5.32 Å². The molecular weight excluding hydrogens is 470 g/mol. The van der Waals surface area contributed by atoms with Gasteiger partial charge in [0, 0.05) is 10.8 Å². The van der Waals surface area contributed by atoms with E-state index in [-0.39, 0.29) is 12.5 Å². The van der Waals surface area contributed by atoms with Gasteiger partial charge in [0.2, 0.25) is 0 Å². The lowest BCUT2D eigenvalue weighted by Gasteiger charge is -2.16. The van der Waals surface area contributed by atoms with Crippen LogP contribution in [0.25, 0.3) is 11.1 Å². The van der Waals surface area contributed by atoms with Crippen molar-refractivity contribution in [1.29, 1.82) is 0 Å². The van der Waals surface area contributed by atoms with Gasteiger partial charge >= 0.3 is 12.1 Å². The Bertz CT molecular complexity index is 1070. The first-order chi connectivity index (χ1) is 14.5. The van der Waals surface area contributed by atoms with Gasteiger partial charge in [-0.2, -0.15) is 0 Å². The molecule has 0 radical (unpaired) electrons. The van der Waals surface area contributed by atoms with Gasteiger partial charge in [-0.25, -0.2) is 9.59 Å². The van der Waals surface area contributed by atoms with Crippen LogP contribution in [0.3, 0.4) is 0 Å². The number of methoxy groups -OCH3 is 1. The number of hydrogen-bond acceptors (Lipinski definition) is 5. The lowest BCUT2D eigenvalue weighted by molar-refractivity contribution is -0.139. The fourth-order valence-electron chi connectivity index (χ4n) is 3.66. The Labute approximate surface area is 185 Å². The maximum absolute atomic E-state index is 12.4. The standard InChI is InChI=1S/C22H18BrNO5S/c1-28-21-17(23)10-18(30-21)19(20(25)26)24-22(27)29-11-16-14-8-4-2-6-12(14)13-7-3-5-9-15(13)16/h2-10,16,19H,11H2,1H3,(H,24,27)(H,25,26). The summed E-state index contributed by atoms with van der Waals surface area (Å²) < 4.78 is 11.3. The highest BCUT2D eigenvalue weighted by Gasteiger charge is 2.30. The quantitative estimate of drug-likeness (QED) is 0.500. The third kappa shape index (κ3) is 3.80. The van der Waals surface area contributed by atoms with Crippen LogP contribution in [0.4, 0.5) is 4.79 Å². The highest BCUT2D eigenvalue weighted by molar-refractivity contribution is 9.10. The third-order valence-electron chi connectivity index (χ3n) is 5.00. The molecule has 4 rings (SSSR count). The molecule has 1 aliphatic rings. The summed E-state index contributed by atoms with van der Waals surface area (Å²) in [6, 6.07) is 16.4. The zero-order chi connectivity index (χ0) is 21.3. The Morgan fingerprint density at radius 2 is 1.73 bits per heavy atom. The van der Waals surface area contributed by atoms with Gasteiger partial charge in [-0.15, -0.1) is 11.3 Å².